The Morgan fingerprint density at radius 1 is 0.654 bits per heavy atom. The van der Waals surface area contributed by atoms with Gasteiger partial charge in [0.15, 0.2) is 0 Å². The molecule has 2 N–H and O–H groups in total. The van der Waals surface area contributed by atoms with Gasteiger partial charge in [0.25, 0.3) is 0 Å². The van der Waals surface area contributed by atoms with Crippen molar-refractivity contribution in [2.75, 3.05) is 6.61 Å². The molecule has 0 aliphatic rings. The van der Waals surface area contributed by atoms with E-state index >= 15 is 0 Å². The van der Waals surface area contributed by atoms with Gasteiger partial charge in [-0.2, -0.15) is 0 Å². The number of phosphoric acid groups is 1. The summed E-state index contributed by atoms with van der Waals surface area (Å²) in [5.74, 6) is 0. The van der Waals surface area contributed by atoms with Crippen molar-refractivity contribution < 1.29 is 18.9 Å². The quantitative estimate of drug-likeness (QED) is 0.148. The van der Waals surface area contributed by atoms with Crippen molar-refractivity contribution in [3.63, 3.8) is 0 Å². The molecule has 0 aromatic carbocycles. The standard InChI is InChI=1S/C12H27O4P.C8H17.Na/c1-2-3-4-5-6-7-8-9-10-11-12-16-17(13,14)15;1-3-5-7-8-6-4-2;/h2-12H2,1H3,(H2,13,14,15);1,3-8H2,2H3;. The number of phosphoric ester groups is 1. The third-order valence-electron chi connectivity index (χ3n) is 4.46. The van der Waals surface area contributed by atoms with Gasteiger partial charge >= 0.3 is 84.9 Å². The second-order valence-electron chi connectivity index (χ2n) is 7.27. The van der Waals surface area contributed by atoms with Crippen LogP contribution in [0.2, 0.25) is 3.67 Å². The molecule has 6 heteroatoms. The Balaban J connectivity index is 0. The van der Waals surface area contributed by atoms with Crippen molar-refractivity contribution in [2.24, 2.45) is 0 Å². The zero-order valence-electron chi connectivity index (χ0n) is 17.9. The number of unbranched alkanes of at least 4 members (excludes halogenated alkanes) is 14. The fourth-order valence-electron chi connectivity index (χ4n) is 2.80. The van der Waals surface area contributed by atoms with Crippen molar-refractivity contribution in [3.8, 4) is 0 Å². The normalized spacial score (nSPS) is 11.3. The van der Waals surface area contributed by atoms with E-state index in [4.69, 9.17) is 9.79 Å². The van der Waals surface area contributed by atoms with Crippen molar-refractivity contribution in [2.45, 2.75) is 120 Å². The van der Waals surface area contributed by atoms with Gasteiger partial charge in [-0.05, 0) is 6.42 Å². The zero-order chi connectivity index (χ0) is 19.9. The van der Waals surface area contributed by atoms with Gasteiger partial charge in [-0.3, -0.25) is 4.52 Å². The molecule has 154 valence electrons. The molecule has 0 saturated carbocycles. The first-order valence-corrected chi connectivity index (χ1v) is 14.1. The summed E-state index contributed by atoms with van der Waals surface area (Å²) >= 11 is 1.41. The Kier molecular flexibility index (Phi) is 27.2. The van der Waals surface area contributed by atoms with E-state index in [9.17, 15) is 4.57 Å². The fourth-order valence-corrected chi connectivity index (χ4v) is 3.67. The van der Waals surface area contributed by atoms with Crippen molar-refractivity contribution in [1.82, 2.24) is 0 Å². The Morgan fingerprint density at radius 3 is 1.35 bits per heavy atom. The van der Waals surface area contributed by atoms with Crippen molar-refractivity contribution in [1.29, 1.82) is 0 Å². The van der Waals surface area contributed by atoms with E-state index in [1.54, 1.807) is 0 Å². The van der Waals surface area contributed by atoms with Gasteiger partial charge in [0, 0.05) is 0 Å². The molecule has 0 aromatic heterocycles. The minimum absolute atomic E-state index is 0.167. The summed E-state index contributed by atoms with van der Waals surface area (Å²) in [6.45, 7) is 4.66. The molecule has 0 rings (SSSR count). The predicted octanol–water partition coefficient (Wildman–Crippen LogP) is 6.95. The van der Waals surface area contributed by atoms with E-state index in [2.05, 4.69) is 18.4 Å². The molecule has 0 aliphatic heterocycles. The molecule has 0 amide bonds. The molecule has 0 aromatic rings. The van der Waals surface area contributed by atoms with E-state index in [1.165, 1.54) is 115 Å². The molecule has 26 heavy (non-hydrogen) atoms. The molecule has 0 heterocycles. The molecule has 0 spiro atoms. The van der Waals surface area contributed by atoms with Crippen LogP contribution in [0.5, 0.6) is 0 Å². The van der Waals surface area contributed by atoms with Crippen LogP contribution in [-0.4, -0.2) is 44.3 Å². The van der Waals surface area contributed by atoms with Crippen LogP contribution in [0.1, 0.15) is 117 Å². The van der Waals surface area contributed by atoms with Gasteiger partial charge in [-0.25, -0.2) is 4.57 Å². The summed E-state index contributed by atoms with van der Waals surface area (Å²) in [5, 5.41) is 0. The number of hydrogen-bond donors (Lipinski definition) is 2. The van der Waals surface area contributed by atoms with E-state index in [0.717, 1.165) is 19.3 Å². The maximum absolute atomic E-state index is 10.4. The van der Waals surface area contributed by atoms with Gasteiger partial charge in [0.2, 0.25) is 0 Å². The first-order chi connectivity index (χ1) is 12.5. The average molecular weight is 403 g/mol. The molecular formula is C20H44NaO4P. The summed E-state index contributed by atoms with van der Waals surface area (Å²) in [4.78, 5) is 16.9. The fraction of sp³-hybridized carbons (Fsp3) is 1.00. The number of rotatable bonds is 18. The Morgan fingerprint density at radius 2 is 1.00 bits per heavy atom. The maximum atomic E-state index is 10.4. The summed E-state index contributed by atoms with van der Waals surface area (Å²) in [7, 11) is -4.24. The summed E-state index contributed by atoms with van der Waals surface area (Å²) < 4.78 is 16.2. The summed E-state index contributed by atoms with van der Waals surface area (Å²) in [6, 6.07) is 0. The zero-order valence-corrected chi connectivity index (χ0v) is 20.8. The van der Waals surface area contributed by atoms with E-state index in [1.807, 2.05) is 0 Å². The summed E-state index contributed by atoms with van der Waals surface area (Å²) in [6.07, 6.45) is 20.8. The molecular weight excluding hydrogens is 358 g/mol. The van der Waals surface area contributed by atoms with Crippen LogP contribution in [0.25, 0.3) is 0 Å². The minimum atomic E-state index is -4.24. The Hall–Kier alpha value is 1.11. The third kappa shape index (κ3) is 32.8. The monoisotopic (exact) mass is 402 g/mol. The van der Waals surface area contributed by atoms with Gasteiger partial charge < -0.3 is 9.79 Å². The second-order valence-corrected chi connectivity index (χ2v) is 9.51. The van der Waals surface area contributed by atoms with Crippen molar-refractivity contribution >= 4 is 35.8 Å². The molecule has 0 fully saturated rings. The van der Waals surface area contributed by atoms with Crippen molar-refractivity contribution in [3.05, 3.63) is 0 Å². The summed E-state index contributed by atoms with van der Waals surface area (Å²) in [5.41, 5.74) is 0. The molecule has 0 atom stereocenters. The van der Waals surface area contributed by atoms with Gasteiger partial charge in [0.05, 0.1) is 6.61 Å². The molecule has 0 aliphatic carbocycles. The van der Waals surface area contributed by atoms with E-state index in [-0.39, 0.29) is 6.61 Å². The van der Waals surface area contributed by atoms with Gasteiger partial charge in [-0.15, -0.1) is 0 Å². The molecule has 0 saturated heterocycles. The SMILES string of the molecule is CCCCCCCCCCCCOP(=O)(O)O.CCCCCCC[CH2][Na]. The van der Waals surface area contributed by atoms with Gasteiger partial charge in [0.1, 0.15) is 0 Å². The van der Waals surface area contributed by atoms with Crippen LogP contribution in [0.3, 0.4) is 0 Å². The van der Waals surface area contributed by atoms with Crippen LogP contribution >= 0.6 is 7.82 Å². The molecule has 4 nitrogen and oxygen atoms in total. The van der Waals surface area contributed by atoms with Crippen LogP contribution in [-0.2, 0) is 9.09 Å². The Bertz CT molecular complexity index is 292. The molecule has 0 unspecified atom stereocenters. The van der Waals surface area contributed by atoms with Crippen LogP contribution in [0, 0.1) is 0 Å². The van der Waals surface area contributed by atoms with Gasteiger partial charge in [-0.1, -0.05) is 64.7 Å². The first kappa shape index (κ1) is 29.3. The number of hydrogen-bond acceptors (Lipinski definition) is 2. The second kappa shape index (κ2) is 24.1. The third-order valence-corrected chi connectivity index (χ3v) is 5.69. The molecule has 0 radical (unpaired) electrons. The topological polar surface area (TPSA) is 66.8 Å². The van der Waals surface area contributed by atoms with E-state index in [0.29, 0.717) is 0 Å². The first-order valence-electron chi connectivity index (χ1n) is 11.2. The van der Waals surface area contributed by atoms with Crippen LogP contribution in [0.15, 0.2) is 0 Å². The predicted molar refractivity (Wildman–Crippen MR) is 114 cm³/mol. The van der Waals surface area contributed by atoms with E-state index < -0.39 is 7.82 Å². The van der Waals surface area contributed by atoms with Crippen LogP contribution in [0.4, 0.5) is 0 Å². The van der Waals surface area contributed by atoms with Crippen LogP contribution < -0.4 is 0 Å². The average Bonchev–Trinajstić information content (AvgIpc) is 2.59. The molecule has 0 bridgehead atoms. The Labute approximate surface area is 180 Å².